The van der Waals surface area contributed by atoms with Crippen LogP contribution in [-0.4, -0.2) is 12.4 Å². The minimum absolute atomic E-state index is 0.313. The molecular formula is C5H8NO2P. The van der Waals surface area contributed by atoms with E-state index in [-0.39, 0.29) is 0 Å². The first-order chi connectivity index (χ1) is 4.26. The molecule has 0 saturated carbocycles. The van der Waals surface area contributed by atoms with Gasteiger partial charge in [0, 0.05) is 6.42 Å². The molecule has 0 aromatic rings. The van der Waals surface area contributed by atoms with Crippen LogP contribution in [0.4, 0.5) is 0 Å². The smallest absolute Gasteiger partial charge is 0.235 e. The summed E-state index contributed by atoms with van der Waals surface area (Å²) in [6.07, 6.45) is 0.500. The van der Waals surface area contributed by atoms with Crippen LogP contribution in [0.3, 0.4) is 0 Å². The monoisotopic (exact) mass is 145 g/mol. The number of hydrogen-bond donors (Lipinski definition) is 0. The fourth-order valence-corrected chi connectivity index (χ4v) is 0.919. The van der Waals surface area contributed by atoms with Crippen LogP contribution in [0.25, 0.3) is 0 Å². The molecule has 0 aromatic carbocycles. The molecule has 0 aromatic heterocycles. The lowest BCUT2D eigenvalue weighted by atomic mass is 10.4. The summed E-state index contributed by atoms with van der Waals surface area (Å²) in [6, 6.07) is 1.81. The van der Waals surface area contributed by atoms with Crippen molar-refractivity contribution in [1.29, 1.82) is 5.26 Å². The van der Waals surface area contributed by atoms with Gasteiger partial charge in [-0.3, -0.25) is 0 Å². The van der Waals surface area contributed by atoms with Crippen LogP contribution < -0.4 is 4.89 Å². The molecule has 0 aliphatic heterocycles. The van der Waals surface area contributed by atoms with Crippen molar-refractivity contribution in [2.45, 2.75) is 13.3 Å². The van der Waals surface area contributed by atoms with Gasteiger partial charge < -0.3 is 4.89 Å². The zero-order valence-electron chi connectivity index (χ0n) is 5.42. The molecule has 0 radical (unpaired) electrons. The second-order valence-corrected chi connectivity index (χ2v) is 2.77. The van der Waals surface area contributed by atoms with Crippen LogP contribution in [0.15, 0.2) is 0 Å². The van der Waals surface area contributed by atoms with Crippen molar-refractivity contribution in [3.63, 3.8) is 0 Å². The second kappa shape index (κ2) is 4.46. The van der Waals surface area contributed by atoms with Crippen molar-refractivity contribution < 1.29 is 9.42 Å². The van der Waals surface area contributed by atoms with E-state index in [0.29, 0.717) is 11.7 Å². The molecule has 0 saturated heterocycles. The topological polar surface area (TPSA) is 56.1 Å². The Labute approximate surface area is 55.4 Å². The van der Waals surface area contributed by atoms with Gasteiger partial charge in [0.2, 0.25) is 13.3 Å². The summed E-state index contributed by atoms with van der Waals surface area (Å²) in [4.78, 5) is 10.6. The molecule has 50 valence electrons. The third-order valence-electron chi connectivity index (χ3n) is 0.850. The molecule has 0 bridgehead atoms. The average molecular weight is 145 g/mol. The maximum Gasteiger partial charge on any atom is 0.235 e. The maximum absolute atomic E-state index is 10.6. The molecule has 0 spiro atoms. The van der Waals surface area contributed by atoms with Crippen LogP contribution in [0, 0.1) is 11.3 Å². The fraction of sp³-hybridized carbons (Fsp3) is 0.600. The zero-order chi connectivity index (χ0) is 7.28. The van der Waals surface area contributed by atoms with E-state index in [0.717, 1.165) is 0 Å². The predicted molar refractivity (Wildman–Crippen MR) is 34.8 cm³/mol. The highest BCUT2D eigenvalue weighted by atomic mass is 31.1. The van der Waals surface area contributed by atoms with Gasteiger partial charge in [-0.15, -0.1) is 0 Å². The molecule has 0 rings (SSSR count). The van der Waals surface area contributed by atoms with Crippen molar-refractivity contribution in [2.24, 2.45) is 0 Å². The summed E-state index contributed by atoms with van der Waals surface area (Å²) in [7, 11) is -0.511. The molecule has 1 atom stereocenters. The maximum atomic E-state index is 10.6. The summed E-state index contributed by atoms with van der Waals surface area (Å²) in [6.45, 7) is 1.77. The molecular weight excluding hydrogens is 137 g/mol. The first kappa shape index (κ1) is 8.58. The average Bonchev–Trinajstić information content (AvgIpc) is 1.90. The molecule has 0 fully saturated rings. The Morgan fingerprint density at radius 3 is 2.56 bits per heavy atom. The molecule has 0 aliphatic rings. The van der Waals surface area contributed by atoms with Gasteiger partial charge in [-0.25, -0.2) is 0 Å². The van der Waals surface area contributed by atoms with Crippen molar-refractivity contribution in [3.8, 4) is 6.07 Å². The van der Waals surface area contributed by atoms with Crippen LogP contribution in [-0.2, 0) is 4.52 Å². The lowest BCUT2D eigenvalue weighted by molar-refractivity contribution is -0.170. The third kappa shape index (κ3) is 2.57. The van der Waals surface area contributed by atoms with Crippen molar-refractivity contribution in [1.82, 2.24) is 0 Å². The quantitative estimate of drug-likeness (QED) is 0.529. The van der Waals surface area contributed by atoms with Crippen LogP contribution >= 0.6 is 8.00 Å². The predicted octanol–water partition coefficient (Wildman–Crippen LogP) is 0.411. The fourth-order valence-electron chi connectivity index (χ4n) is 0.359. The van der Waals surface area contributed by atoms with E-state index in [9.17, 15) is 4.89 Å². The Hall–Kier alpha value is -0.420. The van der Waals surface area contributed by atoms with E-state index in [4.69, 9.17) is 5.26 Å². The lowest BCUT2D eigenvalue weighted by Gasteiger charge is -1.91. The molecule has 1 unspecified atom stereocenters. The van der Waals surface area contributed by atoms with E-state index < -0.39 is 8.00 Å². The zero-order valence-corrected chi connectivity index (χ0v) is 6.31. The minimum atomic E-state index is -1.84. The molecule has 3 nitrogen and oxygen atoms in total. The van der Waals surface area contributed by atoms with Gasteiger partial charge in [-0.2, -0.15) is 9.79 Å². The molecule has 4 heteroatoms. The third-order valence-corrected chi connectivity index (χ3v) is 2.04. The molecule has 0 N–H and O–H groups in total. The SMILES string of the molecule is CCC(C#N)=[P+]([O-])OC. The summed E-state index contributed by atoms with van der Waals surface area (Å²) in [5, 5.41) is 8.59. The van der Waals surface area contributed by atoms with Crippen molar-refractivity contribution in [3.05, 3.63) is 0 Å². The molecule has 9 heavy (non-hydrogen) atoms. The van der Waals surface area contributed by atoms with Gasteiger partial charge in [-0.1, -0.05) is 6.92 Å². The van der Waals surface area contributed by atoms with E-state index >= 15 is 0 Å². The van der Waals surface area contributed by atoms with Gasteiger partial charge in [0.1, 0.15) is 6.07 Å². The van der Waals surface area contributed by atoms with Gasteiger partial charge in [-0.05, 0) is 0 Å². The van der Waals surface area contributed by atoms with Crippen molar-refractivity contribution >= 4 is 13.3 Å². The Morgan fingerprint density at radius 1 is 1.89 bits per heavy atom. The normalized spacial score (nSPS) is 12.2. The highest BCUT2D eigenvalue weighted by Gasteiger charge is 2.04. The van der Waals surface area contributed by atoms with Crippen LogP contribution in [0.5, 0.6) is 0 Å². The van der Waals surface area contributed by atoms with E-state index in [1.165, 1.54) is 7.11 Å². The lowest BCUT2D eigenvalue weighted by Crippen LogP contribution is -1.99. The summed E-state index contributed by atoms with van der Waals surface area (Å²) in [5.41, 5.74) is 0. The summed E-state index contributed by atoms with van der Waals surface area (Å²) in [5.74, 6) is 0. The van der Waals surface area contributed by atoms with Crippen molar-refractivity contribution in [2.75, 3.05) is 7.11 Å². The van der Waals surface area contributed by atoms with Gasteiger partial charge in [0.05, 0.1) is 7.11 Å². The molecule has 0 amide bonds. The van der Waals surface area contributed by atoms with E-state index in [1.807, 2.05) is 6.07 Å². The van der Waals surface area contributed by atoms with Crippen LogP contribution in [0.1, 0.15) is 13.3 Å². The Balaban J connectivity index is 4.24. The Bertz CT molecular complexity index is 159. The highest BCUT2D eigenvalue weighted by molar-refractivity contribution is 7.47. The Kier molecular flexibility index (Phi) is 4.25. The van der Waals surface area contributed by atoms with Gasteiger partial charge in [0.25, 0.3) is 0 Å². The number of hydrogen-bond acceptors (Lipinski definition) is 3. The second-order valence-electron chi connectivity index (χ2n) is 1.35. The highest BCUT2D eigenvalue weighted by Crippen LogP contribution is 2.14. The first-order valence-electron chi connectivity index (χ1n) is 2.53. The van der Waals surface area contributed by atoms with E-state index in [1.54, 1.807) is 6.92 Å². The molecule has 0 aliphatic carbocycles. The summed E-state index contributed by atoms with van der Waals surface area (Å²) >= 11 is 0. The first-order valence-corrected chi connectivity index (χ1v) is 3.71. The Morgan fingerprint density at radius 2 is 2.44 bits per heavy atom. The molecule has 0 heterocycles. The summed E-state index contributed by atoms with van der Waals surface area (Å²) < 4.78 is 4.44. The van der Waals surface area contributed by atoms with Crippen LogP contribution in [0.2, 0.25) is 0 Å². The minimum Gasteiger partial charge on any atom is -0.602 e. The largest absolute Gasteiger partial charge is 0.602 e. The number of nitrogens with zero attached hydrogens (tertiary/aromatic N) is 1. The number of nitriles is 1. The van der Waals surface area contributed by atoms with Gasteiger partial charge >= 0.3 is 0 Å². The van der Waals surface area contributed by atoms with Gasteiger partial charge in [0.15, 0.2) is 0 Å². The number of rotatable bonds is 2. The van der Waals surface area contributed by atoms with E-state index in [2.05, 4.69) is 4.52 Å². The standard InChI is InChI=1S/C5H8NO2P/c1-3-5(4-6)9(7)8-2/h3H2,1-2H3.